The van der Waals surface area contributed by atoms with Crippen molar-refractivity contribution in [3.05, 3.63) is 41.1 Å². The van der Waals surface area contributed by atoms with Gasteiger partial charge >= 0.3 is 11.9 Å². The summed E-state index contributed by atoms with van der Waals surface area (Å²) in [5, 5.41) is 0.856. The van der Waals surface area contributed by atoms with Crippen molar-refractivity contribution >= 4 is 22.8 Å². The van der Waals surface area contributed by atoms with Gasteiger partial charge in [-0.05, 0) is 18.6 Å². The molecule has 0 bridgehead atoms. The van der Waals surface area contributed by atoms with E-state index in [2.05, 4.69) is 4.98 Å². The van der Waals surface area contributed by atoms with Crippen LogP contribution in [0.25, 0.3) is 10.9 Å². The van der Waals surface area contributed by atoms with Gasteiger partial charge in [0.15, 0.2) is 0 Å². The highest BCUT2D eigenvalue weighted by Crippen LogP contribution is 2.24. The summed E-state index contributed by atoms with van der Waals surface area (Å²) in [5.41, 5.74) is 2.17. The van der Waals surface area contributed by atoms with Gasteiger partial charge in [-0.25, -0.2) is 14.6 Å². The fraction of sp³-hybridized carbons (Fsp3) is 0.312. The molecule has 2 aromatic rings. The highest BCUT2D eigenvalue weighted by molar-refractivity contribution is 5.98. The van der Waals surface area contributed by atoms with Crippen molar-refractivity contribution in [3.8, 4) is 0 Å². The largest absolute Gasteiger partial charge is 0.465 e. The molecule has 0 saturated heterocycles. The van der Waals surface area contributed by atoms with Gasteiger partial charge < -0.3 is 14.2 Å². The lowest BCUT2D eigenvalue weighted by Crippen LogP contribution is -2.16. The first kappa shape index (κ1) is 15.9. The van der Waals surface area contributed by atoms with Gasteiger partial charge in [-0.15, -0.1) is 0 Å². The maximum absolute atomic E-state index is 12.0. The van der Waals surface area contributed by atoms with E-state index in [1.165, 1.54) is 14.2 Å². The number of carbonyl (C=O) groups excluding carboxylic acids is 2. The van der Waals surface area contributed by atoms with E-state index in [0.717, 1.165) is 16.5 Å². The van der Waals surface area contributed by atoms with Gasteiger partial charge in [-0.1, -0.05) is 18.2 Å². The lowest BCUT2D eigenvalue weighted by atomic mass is 10.0. The molecule has 0 aliphatic heterocycles. The van der Waals surface area contributed by atoms with E-state index in [1.807, 2.05) is 31.2 Å². The van der Waals surface area contributed by atoms with Crippen LogP contribution in [0.1, 0.15) is 21.6 Å². The first-order valence-corrected chi connectivity index (χ1v) is 6.69. The Morgan fingerprint density at radius 3 is 2.59 bits per heavy atom. The zero-order chi connectivity index (χ0) is 16.1. The van der Waals surface area contributed by atoms with Crippen molar-refractivity contribution in [1.29, 1.82) is 0 Å². The molecule has 0 atom stereocenters. The number of fused-ring (bicyclic) bond motifs is 1. The lowest BCUT2D eigenvalue weighted by Gasteiger charge is -2.13. The summed E-state index contributed by atoms with van der Waals surface area (Å²) >= 11 is 0. The number of aromatic nitrogens is 1. The Kier molecular flexibility index (Phi) is 5.06. The first-order valence-electron chi connectivity index (χ1n) is 6.69. The minimum atomic E-state index is -0.522. The van der Waals surface area contributed by atoms with Crippen molar-refractivity contribution in [3.63, 3.8) is 0 Å². The number of carbonyl (C=O) groups is 2. The second-order valence-corrected chi connectivity index (χ2v) is 4.66. The molecule has 1 aromatic carbocycles. The molecular weight excluding hydrogens is 286 g/mol. The molecule has 0 amide bonds. The average molecular weight is 303 g/mol. The van der Waals surface area contributed by atoms with Gasteiger partial charge in [0.05, 0.1) is 23.9 Å². The van der Waals surface area contributed by atoms with Gasteiger partial charge in [0, 0.05) is 12.5 Å². The van der Waals surface area contributed by atoms with E-state index in [0.29, 0.717) is 11.3 Å². The Morgan fingerprint density at radius 2 is 1.91 bits per heavy atom. The zero-order valence-electron chi connectivity index (χ0n) is 12.7. The van der Waals surface area contributed by atoms with Crippen molar-refractivity contribution < 1.29 is 23.8 Å². The second-order valence-electron chi connectivity index (χ2n) is 4.66. The number of ether oxygens (including phenoxy) is 3. The topological polar surface area (TPSA) is 74.7 Å². The van der Waals surface area contributed by atoms with Crippen molar-refractivity contribution in [2.75, 3.05) is 20.8 Å². The maximum Gasteiger partial charge on any atom is 0.340 e. The van der Waals surface area contributed by atoms with Crippen LogP contribution in [0.2, 0.25) is 0 Å². The highest BCUT2D eigenvalue weighted by atomic mass is 16.6. The third-order valence-electron chi connectivity index (χ3n) is 3.25. The molecule has 0 fully saturated rings. The molecule has 1 heterocycles. The highest BCUT2D eigenvalue weighted by Gasteiger charge is 2.20. The number of hydrogen-bond donors (Lipinski definition) is 0. The van der Waals surface area contributed by atoms with Gasteiger partial charge in [-0.2, -0.15) is 0 Å². The molecule has 0 aliphatic rings. The van der Waals surface area contributed by atoms with Gasteiger partial charge in [-0.3, -0.25) is 0 Å². The molecule has 0 aliphatic carbocycles. The number of hydrogen-bond acceptors (Lipinski definition) is 6. The van der Waals surface area contributed by atoms with Crippen LogP contribution in [0.5, 0.6) is 0 Å². The van der Waals surface area contributed by atoms with Crippen LogP contribution in [-0.4, -0.2) is 37.7 Å². The molecule has 2 rings (SSSR count). The van der Waals surface area contributed by atoms with Crippen LogP contribution < -0.4 is 0 Å². The molecule has 6 heteroatoms. The predicted molar refractivity (Wildman–Crippen MR) is 79.5 cm³/mol. The molecule has 0 unspecified atom stereocenters. The number of rotatable bonds is 5. The SMILES string of the molecule is COCC(=O)OCc1nc2ccccc2c(C)c1C(=O)OC. The van der Waals surface area contributed by atoms with Gasteiger partial charge in [0.25, 0.3) is 0 Å². The number of benzene rings is 1. The molecule has 6 nitrogen and oxygen atoms in total. The minimum absolute atomic E-state index is 0.113. The summed E-state index contributed by atoms with van der Waals surface area (Å²) in [6.45, 7) is 1.55. The minimum Gasteiger partial charge on any atom is -0.465 e. The van der Waals surface area contributed by atoms with Crippen LogP contribution in [-0.2, 0) is 25.6 Å². The Hall–Kier alpha value is -2.47. The molecule has 0 saturated carbocycles. The van der Waals surface area contributed by atoms with E-state index in [1.54, 1.807) is 0 Å². The third-order valence-corrected chi connectivity index (χ3v) is 3.25. The van der Waals surface area contributed by atoms with Crippen LogP contribution >= 0.6 is 0 Å². The molecule has 0 radical (unpaired) electrons. The summed E-state index contributed by atoms with van der Waals surface area (Å²) in [6, 6.07) is 7.44. The lowest BCUT2D eigenvalue weighted by molar-refractivity contribution is -0.149. The van der Waals surface area contributed by atoms with Crippen molar-refractivity contribution in [1.82, 2.24) is 4.98 Å². The molecular formula is C16H17NO5. The molecule has 22 heavy (non-hydrogen) atoms. The number of para-hydroxylation sites is 1. The summed E-state index contributed by atoms with van der Waals surface area (Å²) in [7, 11) is 2.71. The molecule has 0 N–H and O–H groups in total. The Morgan fingerprint density at radius 1 is 1.18 bits per heavy atom. The Balaban J connectivity index is 2.46. The second kappa shape index (κ2) is 7.00. The molecule has 1 aromatic heterocycles. The molecule has 116 valence electrons. The van der Waals surface area contributed by atoms with E-state index in [9.17, 15) is 9.59 Å². The maximum atomic E-state index is 12.0. The van der Waals surface area contributed by atoms with Crippen molar-refractivity contribution in [2.24, 2.45) is 0 Å². The average Bonchev–Trinajstić information content (AvgIpc) is 2.52. The molecule has 0 spiro atoms. The quantitative estimate of drug-likeness (QED) is 0.787. The number of nitrogens with zero attached hydrogens (tertiary/aromatic N) is 1. The van der Waals surface area contributed by atoms with Gasteiger partial charge in [0.1, 0.15) is 13.2 Å². The zero-order valence-corrected chi connectivity index (χ0v) is 12.7. The standard InChI is InChI=1S/C16H17NO5/c1-10-11-6-4-5-7-12(11)17-13(15(10)16(19)21-3)8-22-14(18)9-20-2/h4-7H,8-9H2,1-3H3. The monoisotopic (exact) mass is 303 g/mol. The van der Waals surface area contributed by atoms with E-state index < -0.39 is 11.9 Å². The number of methoxy groups -OCH3 is 2. The van der Waals surface area contributed by atoms with E-state index in [-0.39, 0.29) is 13.2 Å². The van der Waals surface area contributed by atoms with Crippen LogP contribution in [0.15, 0.2) is 24.3 Å². The first-order chi connectivity index (χ1) is 10.6. The number of pyridine rings is 1. The number of aryl methyl sites for hydroxylation is 1. The summed E-state index contributed by atoms with van der Waals surface area (Å²) in [6.07, 6.45) is 0. The van der Waals surface area contributed by atoms with Crippen molar-refractivity contribution in [2.45, 2.75) is 13.5 Å². The van der Waals surface area contributed by atoms with Crippen LogP contribution in [0.3, 0.4) is 0 Å². The smallest absolute Gasteiger partial charge is 0.340 e. The Bertz CT molecular complexity index is 711. The predicted octanol–water partition coefficient (Wildman–Crippen LogP) is 2.02. The normalized spacial score (nSPS) is 10.5. The van der Waals surface area contributed by atoms with Gasteiger partial charge in [0.2, 0.25) is 0 Å². The summed E-state index contributed by atoms with van der Waals surface area (Å²) in [4.78, 5) is 27.9. The van der Waals surface area contributed by atoms with Crippen LogP contribution in [0, 0.1) is 6.92 Å². The fourth-order valence-corrected chi connectivity index (χ4v) is 2.23. The fourth-order valence-electron chi connectivity index (χ4n) is 2.23. The van der Waals surface area contributed by atoms with E-state index in [4.69, 9.17) is 14.2 Å². The van der Waals surface area contributed by atoms with E-state index >= 15 is 0 Å². The summed E-state index contributed by atoms with van der Waals surface area (Å²) in [5.74, 6) is -1.03. The van der Waals surface area contributed by atoms with Crippen LogP contribution in [0.4, 0.5) is 0 Å². The number of esters is 2. The Labute approximate surface area is 128 Å². The third kappa shape index (κ3) is 3.23. The summed E-state index contributed by atoms with van der Waals surface area (Å²) < 4.78 is 14.6.